The summed E-state index contributed by atoms with van der Waals surface area (Å²) < 4.78 is 20.4. The largest absolute Gasteiger partial charge is 0.435 e. The van der Waals surface area contributed by atoms with Crippen molar-refractivity contribution in [3.05, 3.63) is 41.6 Å². The van der Waals surface area contributed by atoms with Crippen LogP contribution in [0.5, 0.6) is 11.6 Å². The highest BCUT2D eigenvalue weighted by atomic mass is 19.1. The van der Waals surface area contributed by atoms with Crippen LogP contribution in [0.1, 0.15) is 11.3 Å². The molecule has 0 aliphatic heterocycles. The standard InChI is InChI=1S/C18H21FN6O2/c1-11-8-12-14(24-11)4-5-15(16(12)19)27-18-13(17(20)21-10-22-18)9-23-26-7-6-25(2)3/h4-5,8-10,24H,6-7H2,1-3H3,(H2,20,21,22). The Labute approximate surface area is 155 Å². The van der Waals surface area contributed by atoms with Crippen LogP contribution >= 0.6 is 0 Å². The maximum atomic E-state index is 14.7. The van der Waals surface area contributed by atoms with Crippen molar-refractivity contribution in [1.82, 2.24) is 19.9 Å². The summed E-state index contributed by atoms with van der Waals surface area (Å²) in [5, 5.41) is 4.30. The first-order valence-electron chi connectivity index (χ1n) is 8.32. The van der Waals surface area contributed by atoms with Gasteiger partial charge in [0.25, 0.3) is 0 Å². The lowest BCUT2D eigenvalue weighted by Crippen LogP contribution is -2.16. The van der Waals surface area contributed by atoms with E-state index >= 15 is 0 Å². The van der Waals surface area contributed by atoms with Gasteiger partial charge >= 0.3 is 0 Å². The van der Waals surface area contributed by atoms with Crippen LogP contribution in [0, 0.1) is 12.7 Å². The van der Waals surface area contributed by atoms with E-state index < -0.39 is 5.82 Å². The van der Waals surface area contributed by atoms with E-state index in [2.05, 4.69) is 20.1 Å². The van der Waals surface area contributed by atoms with Crippen molar-refractivity contribution in [3.63, 3.8) is 0 Å². The molecule has 0 unspecified atom stereocenters. The minimum atomic E-state index is -0.487. The van der Waals surface area contributed by atoms with E-state index in [-0.39, 0.29) is 17.4 Å². The average molecular weight is 372 g/mol. The monoisotopic (exact) mass is 372 g/mol. The summed E-state index contributed by atoms with van der Waals surface area (Å²) in [6, 6.07) is 4.98. The summed E-state index contributed by atoms with van der Waals surface area (Å²) in [5.74, 6) is -0.214. The third-order valence-electron chi connectivity index (χ3n) is 3.81. The number of fused-ring (bicyclic) bond motifs is 1. The smallest absolute Gasteiger partial charge is 0.233 e. The minimum absolute atomic E-state index is 0.0303. The van der Waals surface area contributed by atoms with Gasteiger partial charge in [0.1, 0.15) is 24.3 Å². The molecule has 0 saturated carbocycles. The molecule has 0 radical (unpaired) electrons. The van der Waals surface area contributed by atoms with E-state index in [1.54, 1.807) is 12.1 Å². The molecular formula is C18H21FN6O2. The molecule has 1 aromatic carbocycles. The zero-order chi connectivity index (χ0) is 19.4. The van der Waals surface area contributed by atoms with Crippen LogP contribution in [0.2, 0.25) is 0 Å². The topological polar surface area (TPSA) is 102 Å². The Hall–Kier alpha value is -3.20. The molecule has 0 amide bonds. The van der Waals surface area contributed by atoms with Crippen LogP contribution in [0.3, 0.4) is 0 Å². The van der Waals surface area contributed by atoms with Gasteiger partial charge in [-0.2, -0.15) is 0 Å². The number of nitrogens with two attached hydrogens (primary N) is 1. The molecule has 3 aromatic rings. The second kappa shape index (κ2) is 8.00. The number of halogens is 1. The Morgan fingerprint density at radius 1 is 1.33 bits per heavy atom. The summed E-state index contributed by atoms with van der Waals surface area (Å²) in [4.78, 5) is 18.2. The molecule has 0 atom stereocenters. The maximum Gasteiger partial charge on any atom is 0.233 e. The molecule has 2 aromatic heterocycles. The lowest BCUT2D eigenvalue weighted by molar-refractivity contribution is 0.127. The number of aryl methyl sites for hydroxylation is 1. The number of ether oxygens (including phenoxy) is 1. The van der Waals surface area contributed by atoms with Gasteiger partial charge in [0, 0.05) is 23.1 Å². The Bertz CT molecular complexity index is 970. The Kier molecular flexibility index (Phi) is 5.51. The van der Waals surface area contributed by atoms with Crippen molar-refractivity contribution in [1.29, 1.82) is 0 Å². The van der Waals surface area contributed by atoms with Crippen LogP contribution in [0.4, 0.5) is 10.2 Å². The number of H-pyrrole nitrogens is 1. The lowest BCUT2D eigenvalue weighted by atomic mass is 10.2. The number of nitrogens with one attached hydrogen (secondary N) is 1. The highest BCUT2D eigenvalue weighted by molar-refractivity contribution is 5.88. The van der Waals surface area contributed by atoms with Crippen LogP contribution < -0.4 is 10.5 Å². The second-order valence-corrected chi connectivity index (χ2v) is 6.24. The maximum absolute atomic E-state index is 14.7. The Balaban J connectivity index is 1.84. The van der Waals surface area contributed by atoms with E-state index in [1.807, 2.05) is 25.9 Å². The van der Waals surface area contributed by atoms with Crippen molar-refractivity contribution in [2.45, 2.75) is 6.92 Å². The quantitative estimate of drug-likeness (QED) is 0.376. The molecule has 0 saturated heterocycles. The number of nitrogens with zero attached hydrogens (tertiary/aromatic N) is 4. The lowest BCUT2D eigenvalue weighted by Gasteiger charge is -2.10. The van der Waals surface area contributed by atoms with Gasteiger partial charge in [-0.25, -0.2) is 14.4 Å². The van der Waals surface area contributed by atoms with Crippen molar-refractivity contribution in [2.24, 2.45) is 5.16 Å². The first kappa shape index (κ1) is 18.6. The third-order valence-corrected chi connectivity index (χ3v) is 3.81. The average Bonchev–Trinajstić information content (AvgIpc) is 3.00. The molecule has 9 heteroatoms. The van der Waals surface area contributed by atoms with Crippen molar-refractivity contribution >= 4 is 22.9 Å². The fraction of sp³-hybridized carbons (Fsp3) is 0.278. The van der Waals surface area contributed by atoms with Crippen molar-refractivity contribution in [3.8, 4) is 11.6 Å². The zero-order valence-corrected chi connectivity index (χ0v) is 15.4. The van der Waals surface area contributed by atoms with E-state index in [0.29, 0.717) is 29.6 Å². The van der Waals surface area contributed by atoms with Crippen molar-refractivity contribution in [2.75, 3.05) is 33.0 Å². The normalized spacial score (nSPS) is 11.6. The molecule has 3 N–H and O–H groups in total. The molecule has 0 spiro atoms. The number of anilines is 1. The summed E-state index contributed by atoms with van der Waals surface area (Å²) in [6.45, 7) is 2.98. The molecule has 0 bridgehead atoms. The van der Waals surface area contributed by atoms with Crippen LogP contribution in [-0.4, -0.2) is 53.3 Å². The van der Waals surface area contributed by atoms with E-state index in [0.717, 1.165) is 5.69 Å². The number of nitrogen functional groups attached to an aromatic ring is 1. The molecule has 0 aliphatic carbocycles. The number of likely N-dealkylation sites (N-methyl/N-ethyl adjacent to an activating group) is 1. The molecule has 0 fully saturated rings. The number of benzene rings is 1. The molecule has 8 nitrogen and oxygen atoms in total. The Morgan fingerprint density at radius 2 is 2.15 bits per heavy atom. The molecule has 0 aliphatic rings. The number of rotatable bonds is 7. The van der Waals surface area contributed by atoms with Crippen molar-refractivity contribution < 1.29 is 14.0 Å². The molecule has 2 heterocycles. The van der Waals surface area contributed by atoms with Crippen LogP contribution in [-0.2, 0) is 4.84 Å². The first-order valence-corrected chi connectivity index (χ1v) is 8.32. The predicted molar refractivity (Wildman–Crippen MR) is 102 cm³/mol. The third kappa shape index (κ3) is 4.32. The minimum Gasteiger partial charge on any atom is -0.435 e. The fourth-order valence-electron chi connectivity index (χ4n) is 2.43. The second-order valence-electron chi connectivity index (χ2n) is 6.24. The number of aromatic nitrogens is 3. The van der Waals surface area contributed by atoms with E-state index in [9.17, 15) is 4.39 Å². The first-order chi connectivity index (χ1) is 13.0. The van der Waals surface area contributed by atoms with Gasteiger partial charge in [-0.15, -0.1) is 0 Å². The zero-order valence-electron chi connectivity index (χ0n) is 15.4. The summed E-state index contributed by atoms with van der Waals surface area (Å²) >= 11 is 0. The molecule has 27 heavy (non-hydrogen) atoms. The van der Waals surface area contributed by atoms with Crippen LogP contribution in [0.15, 0.2) is 29.7 Å². The van der Waals surface area contributed by atoms with Gasteiger partial charge < -0.3 is 25.2 Å². The summed E-state index contributed by atoms with van der Waals surface area (Å²) in [7, 11) is 3.86. The SMILES string of the molecule is Cc1cc2c(F)c(Oc3ncnc(N)c3C=NOCCN(C)C)ccc2[nH]1. The van der Waals surface area contributed by atoms with Gasteiger partial charge in [0.2, 0.25) is 5.88 Å². The molecular weight excluding hydrogens is 351 g/mol. The van der Waals surface area contributed by atoms with E-state index in [4.69, 9.17) is 15.3 Å². The van der Waals surface area contributed by atoms with Crippen LogP contribution in [0.25, 0.3) is 10.9 Å². The highest BCUT2D eigenvalue weighted by Gasteiger charge is 2.15. The molecule has 3 rings (SSSR count). The molecule has 142 valence electrons. The predicted octanol–water partition coefficient (Wildman–Crippen LogP) is 2.69. The fourth-order valence-corrected chi connectivity index (χ4v) is 2.43. The number of hydrogen-bond acceptors (Lipinski definition) is 7. The highest BCUT2D eigenvalue weighted by Crippen LogP contribution is 2.31. The van der Waals surface area contributed by atoms with Gasteiger partial charge in [-0.1, -0.05) is 5.16 Å². The summed E-state index contributed by atoms with van der Waals surface area (Å²) in [6.07, 6.45) is 2.60. The number of aromatic amines is 1. The van der Waals surface area contributed by atoms with Gasteiger partial charge in [-0.3, -0.25) is 0 Å². The van der Waals surface area contributed by atoms with Gasteiger partial charge in [-0.05, 0) is 39.2 Å². The van der Waals surface area contributed by atoms with Gasteiger partial charge in [0.05, 0.1) is 6.21 Å². The van der Waals surface area contributed by atoms with E-state index in [1.165, 1.54) is 18.6 Å². The number of oxime groups is 1. The Morgan fingerprint density at radius 3 is 2.93 bits per heavy atom. The number of hydrogen-bond donors (Lipinski definition) is 2. The summed E-state index contributed by atoms with van der Waals surface area (Å²) in [5.41, 5.74) is 7.74. The van der Waals surface area contributed by atoms with Gasteiger partial charge in [0.15, 0.2) is 11.6 Å².